The van der Waals surface area contributed by atoms with Crippen molar-refractivity contribution in [1.82, 2.24) is 18.6 Å². The number of rotatable bonds is 5. The minimum atomic E-state index is -3.40. The Morgan fingerprint density at radius 3 is 2.68 bits per heavy atom. The van der Waals surface area contributed by atoms with Crippen LogP contribution in [0.2, 0.25) is 0 Å². The second-order valence-corrected chi connectivity index (χ2v) is 6.37. The lowest BCUT2D eigenvalue weighted by molar-refractivity contribution is 0.334. The summed E-state index contributed by atoms with van der Waals surface area (Å²) in [6.07, 6.45) is 6.53. The molecule has 0 saturated carbocycles. The van der Waals surface area contributed by atoms with Crippen molar-refractivity contribution in [3.05, 3.63) is 24.3 Å². The topological polar surface area (TPSA) is 66.4 Å². The first kappa shape index (κ1) is 14.4. The van der Waals surface area contributed by atoms with Gasteiger partial charge in [-0.1, -0.05) is 13.8 Å². The first-order valence-electron chi connectivity index (χ1n) is 6.64. The van der Waals surface area contributed by atoms with E-state index >= 15 is 0 Å². The lowest BCUT2D eigenvalue weighted by atomic mass is 10.2. The highest BCUT2D eigenvalue weighted by molar-refractivity contribution is 7.86. The molecule has 1 aromatic heterocycles. The fourth-order valence-corrected chi connectivity index (χ4v) is 4.34. The van der Waals surface area contributed by atoms with Gasteiger partial charge in [0.05, 0.1) is 17.9 Å². The number of hydrogen-bond donors (Lipinski definition) is 0. The van der Waals surface area contributed by atoms with E-state index in [1.165, 1.54) is 4.31 Å². The molecule has 1 fully saturated rings. The van der Waals surface area contributed by atoms with E-state index in [9.17, 15) is 8.42 Å². The van der Waals surface area contributed by atoms with Crippen LogP contribution >= 0.6 is 0 Å². The SMILES string of the molecule is CCN(CC)S(=O)(=O)N1CCCC1c1cnccn1. The predicted octanol–water partition coefficient (Wildman–Crippen LogP) is 1.20. The van der Waals surface area contributed by atoms with Crippen molar-refractivity contribution in [3.8, 4) is 0 Å². The zero-order valence-corrected chi connectivity index (χ0v) is 12.2. The molecule has 0 radical (unpaired) electrons. The molecule has 1 aromatic rings. The average Bonchev–Trinajstić information content (AvgIpc) is 2.91. The van der Waals surface area contributed by atoms with E-state index in [4.69, 9.17) is 0 Å². The number of nitrogens with zero attached hydrogens (tertiary/aromatic N) is 4. The Balaban J connectivity index is 2.29. The molecule has 106 valence electrons. The normalized spacial score (nSPS) is 21.1. The van der Waals surface area contributed by atoms with Gasteiger partial charge in [0.2, 0.25) is 0 Å². The van der Waals surface area contributed by atoms with Gasteiger partial charge >= 0.3 is 0 Å². The number of aromatic nitrogens is 2. The second-order valence-electron chi connectivity index (χ2n) is 4.49. The molecule has 19 heavy (non-hydrogen) atoms. The van der Waals surface area contributed by atoms with Crippen LogP contribution in [0.4, 0.5) is 0 Å². The minimum absolute atomic E-state index is 0.181. The Morgan fingerprint density at radius 2 is 2.11 bits per heavy atom. The molecule has 0 amide bonds. The first-order chi connectivity index (χ1) is 9.11. The van der Waals surface area contributed by atoms with Crippen LogP contribution in [0.15, 0.2) is 18.6 Å². The summed E-state index contributed by atoms with van der Waals surface area (Å²) in [5.74, 6) is 0. The molecule has 0 aliphatic carbocycles. The molecule has 1 aliphatic rings. The van der Waals surface area contributed by atoms with E-state index in [1.807, 2.05) is 13.8 Å². The van der Waals surface area contributed by atoms with Crippen molar-refractivity contribution in [2.45, 2.75) is 32.7 Å². The Morgan fingerprint density at radius 1 is 1.37 bits per heavy atom. The van der Waals surface area contributed by atoms with Crippen molar-refractivity contribution in [2.75, 3.05) is 19.6 Å². The molecule has 1 atom stereocenters. The molecule has 0 aromatic carbocycles. The zero-order valence-electron chi connectivity index (χ0n) is 11.4. The third-order valence-electron chi connectivity index (χ3n) is 3.46. The summed E-state index contributed by atoms with van der Waals surface area (Å²) in [4.78, 5) is 8.28. The molecule has 6 nitrogen and oxygen atoms in total. The maximum absolute atomic E-state index is 12.6. The second kappa shape index (κ2) is 5.94. The minimum Gasteiger partial charge on any atom is -0.261 e. The van der Waals surface area contributed by atoms with Crippen molar-refractivity contribution in [3.63, 3.8) is 0 Å². The standard InChI is InChI=1S/C12H20N4O2S/c1-3-15(4-2)19(17,18)16-9-5-6-12(16)11-10-13-7-8-14-11/h7-8,10,12H,3-6,9H2,1-2H3. The molecule has 7 heteroatoms. The predicted molar refractivity (Wildman–Crippen MR) is 72.6 cm³/mol. The molecular weight excluding hydrogens is 264 g/mol. The summed E-state index contributed by atoms with van der Waals surface area (Å²) < 4.78 is 28.2. The first-order valence-corrected chi connectivity index (χ1v) is 8.03. The van der Waals surface area contributed by atoms with Crippen molar-refractivity contribution in [2.24, 2.45) is 0 Å². The van der Waals surface area contributed by atoms with Crippen LogP contribution in [0.5, 0.6) is 0 Å². The van der Waals surface area contributed by atoms with Gasteiger partial charge < -0.3 is 0 Å². The molecular formula is C12H20N4O2S. The van der Waals surface area contributed by atoms with Gasteiger partial charge in [-0.25, -0.2) is 0 Å². The molecule has 2 heterocycles. The highest BCUT2D eigenvalue weighted by Crippen LogP contribution is 2.33. The quantitative estimate of drug-likeness (QED) is 0.815. The van der Waals surface area contributed by atoms with E-state index in [2.05, 4.69) is 9.97 Å². The van der Waals surface area contributed by atoms with Gasteiger partial charge in [0, 0.05) is 32.0 Å². The maximum atomic E-state index is 12.6. The fraction of sp³-hybridized carbons (Fsp3) is 0.667. The van der Waals surface area contributed by atoms with Crippen LogP contribution < -0.4 is 0 Å². The summed E-state index contributed by atoms with van der Waals surface area (Å²) in [5, 5.41) is 0. The van der Waals surface area contributed by atoms with Crippen LogP contribution in [0.1, 0.15) is 38.4 Å². The van der Waals surface area contributed by atoms with E-state index in [0.717, 1.165) is 18.5 Å². The Hall–Kier alpha value is -1.05. The highest BCUT2D eigenvalue weighted by Gasteiger charge is 2.38. The van der Waals surface area contributed by atoms with E-state index in [1.54, 1.807) is 22.9 Å². The van der Waals surface area contributed by atoms with Crippen LogP contribution in [-0.4, -0.2) is 46.6 Å². The van der Waals surface area contributed by atoms with Crippen LogP contribution in [0, 0.1) is 0 Å². The molecule has 0 bridgehead atoms. The third-order valence-corrected chi connectivity index (χ3v) is 5.66. The lowest BCUT2D eigenvalue weighted by Crippen LogP contribution is -2.43. The molecule has 0 N–H and O–H groups in total. The van der Waals surface area contributed by atoms with Crippen LogP contribution in [0.3, 0.4) is 0 Å². The summed E-state index contributed by atoms with van der Waals surface area (Å²) in [6.45, 7) is 5.24. The van der Waals surface area contributed by atoms with Gasteiger partial charge in [-0.15, -0.1) is 0 Å². The van der Waals surface area contributed by atoms with Crippen molar-refractivity contribution >= 4 is 10.2 Å². The molecule has 1 unspecified atom stereocenters. The average molecular weight is 284 g/mol. The summed E-state index contributed by atoms with van der Waals surface area (Å²) in [7, 11) is -3.40. The van der Waals surface area contributed by atoms with Gasteiger partial charge in [0.1, 0.15) is 0 Å². The van der Waals surface area contributed by atoms with Crippen molar-refractivity contribution in [1.29, 1.82) is 0 Å². The third kappa shape index (κ3) is 2.77. The Labute approximate surface area is 114 Å². The molecule has 2 rings (SSSR count). The van der Waals surface area contributed by atoms with Gasteiger partial charge in [-0.05, 0) is 12.8 Å². The highest BCUT2D eigenvalue weighted by atomic mass is 32.2. The summed E-state index contributed by atoms with van der Waals surface area (Å²) in [6, 6.07) is -0.181. The zero-order chi connectivity index (χ0) is 13.9. The van der Waals surface area contributed by atoms with E-state index in [-0.39, 0.29) is 6.04 Å². The van der Waals surface area contributed by atoms with Crippen molar-refractivity contribution < 1.29 is 8.42 Å². The van der Waals surface area contributed by atoms with Gasteiger partial charge in [-0.3, -0.25) is 9.97 Å². The summed E-state index contributed by atoms with van der Waals surface area (Å²) in [5.41, 5.74) is 0.732. The monoisotopic (exact) mass is 284 g/mol. The smallest absolute Gasteiger partial charge is 0.261 e. The van der Waals surface area contributed by atoms with Crippen LogP contribution in [0.25, 0.3) is 0 Å². The van der Waals surface area contributed by atoms with E-state index in [0.29, 0.717) is 19.6 Å². The van der Waals surface area contributed by atoms with E-state index < -0.39 is 10.2 Å². The summed E-state index contributed by atoms with van der Waals surface area (Å²) >= 11 is 0. The van der Waals surface area contributed by atoms with Gasteiger partial charge in [0.15, 0.2) is 0 Å². The molecule has 1 saturated heterocycles. The van der Waals surface area contributed by atoms with Crippen LogP contribution in [-0.2, 0) is 10.2 Å². The Kier molecular flexibility index (Phi) is 4.49. The fourth-order valence-electron chi connectivity index (χ4n) is 2.49. The number of hydrogen-bond acceptors (Lipinski definition) is 4. The Bertz CT molecular complexity index is 502. The lowest BCUT2D eigenvalue weighted by Gasteiger charge is -2.29. The van der Waals surface area contributed by atoms with Gasteiger partial charge in [-0.2, -0.15) is 17.0 Å². The largest absolute Gasteiger partial charge is 0.282 e. The molecule has 1 aliphatic heterocycles. The maximum Gasteiger partial charge on any atom is 0.282 e. The molecule has 0 spiro atoms. The van der Waals surface area contributed by atoms with Gasteiger partial charge in [0.25, 0.3) is 10.2 Å².